The van der Waals surface area contributed by atoms with Gasteiger partial charge in [0.25, 0.3) is 0 Å². The van der Waals surface area contributed by atoms with Gasteiger partial charge in [0.05, 0.1) is 12.2 Å². The lowest BCUT2D eigenvalue weighted by Gasteiger charge is -2.20. The Balaban J connectivity index is 0.00000256. The number of hydrogen-bond donors (Lipinski definition) is 2. The molecule has 1 aromatic heterocycles. The van der Waals surface area contributed by atoms with Gasteiger partial charge in [-0.25, -0.2) is 4.99 Å². The molecule has 0 bridgehead atoms. The molecule has 0 aromatic carbocycles. The second-order valence-electron chi connectivity index (χ2n) is 4.88. The number of hydrogen-bond acceptors (Lipinski definition) is 3. The lowest BCUT2D eigenvalue weighted by molar-refractivity contribution is 0.392. The van der Waals surface area contributed by atoms with E-state index in [2.05, 4.69) is 15.5 Å². The average molecular weight is 352 g/mol. The van der Waals surface area contributed by atoms with Crippen LogP contribution >= 0.6 is 24.0 Å². The Morgan fingerprint density at radius 1 is 1.41 bits per heavy atom. The molecule has 0 aliphatic carbocycles. The van der Waals surface area contributed by atoms with Gasteiger partial charge in [0.15, 0.2) is 5.96 Å². The number of guanidine groups is 1. The van der Waals surface area contributed by atoms with E-state index >= 15 is 0 Å². The summed E-state index contributed by atoms with van der Waals surface area (Å²) >= 11 is 0. The van der Waals surface area contributed by atoms with Crippen molar-refractivity contribution in [1.29, 1.82) is 0 Å². The summed E-state index contributed by atoms with van der Waals surface area (Å²) in [7, 11) is 0. The summed E-state index contributed by atoms with van der Waals surface area (Å²) in [5, 5.41) is 6.96. The molecule has 0 unspecified atom stereocenters. The third-order valence-corrected chi connectivity index (χ3v) is 2.09. The summed E-state index contributed by atoms with van der Waals surface area (Å²) in [5.41, 5.74) is 7.55. The first-order chi connectivity index (χ1) is 7.29. The maximum atomic E-state index is 5.76. The van der Waals surface area contributed by atoms with Crippen LogP contribution in [0.25, 0.3) is 0 Å². The van der Waals surface area contributed by atoms with E-state index in [-0.39, 0.29) is 29.5 Å². The smallest absolute Gasteiger partial charge is 0.189 e. The highest BCUT2D eigenvalue weighted by molar-refractivity contribution is 14.0. The lowest BCUT2D eigenvalue weighted by Crippen LogP contribution is -2.44. The van der Waals surface area contributed by atoms with E-state index in [1.54, 1.807) is 0 Å². The zero-order chi connectivity index (χ0) is 12.3. The van der Waals surface area contributed by atoms with Crippen LogP contribution in [0.15, 0.2) is 9.52 Å². The summed E-state index contributed by atoms with van der Waals surface area (Å²) in [6.07, 6.45) is 0. The van der Waals surface area contributed by atoms with Crippen molar-refractivity contribution >= 4 is 29.9 Å². The Kier molecular flexibility index (Phi) is 5.94. The zero-order valence-corrected chi connectivity index (χ0v) is 13.3. The molecule has 0 amide bonds. The number of nitrogens with two attached hydrogens (primary N) is 1. The van der Waals surface area contributed by atoms with Crippen molar-refractivity contribution in [2.75, 3.05) is 0 Å². The highest BCUT2D eigenvalue weighted by atomic mass is 127. The Morgan fingerprint density at radius 2 is 2.00 bits per heavy atom. The molecule has 0 saturated heterocycles. The summed E-state index contributed by atoms with van der Waals surface area (Å²) in [6, 6.07) is 0. The molecule has 0 spiro atoms. The molecule has 3 N–H and O–H groups in total. The summed E-state index contributed by atoms with van der Waals surface area (Å²) in [5.74, 6) is 1.23. The molecule has 1 rings (SSSR count). The van der Waals surface area contributed by atoms with Crippen LogP contribution in [0.1, 0.15) is 37.8 Å². The third kappa shape index (κ3) is 5.38. The maximum Gasteiger partial charge on any atom is 0.189 e. The van der Waals surface area contributed by atoms with E-state index < -0.39 is 0 Å². The van der Waals surface area contributed by atoms with Gasteiger partial charge in [-0.2, -0.15) is 0 Å². The van der Waals surface area contributed by atoms with Crippen molar-refractivity contribution in [3.8, 4) is 0 Å². The van der Waals surface area contributed by atoms with Gasteiger partial charge >= 0.3 is 0 Å². The number of halogens is 1. The minimum Gasteiger partial charge on any atom is -0.370 e. The molecule has 0 fully saturated rings. The monoisotopic (exact) mass is 352 g/mol. The van der Waals surface area contributed by atoms with E-state index in [1.807, 2.05) is 34.6 Å². The molecule has 0 radical (unpaired) electrons. The van der Waals surface area contributed by atoms with E-state index in [1.165, 1.54) is 0 Å². The molecule has 6 heteroatoms. The van der Waals surface area contributed by atoms with Crippen molar-refractivity contribution in [1.82, 2.24) is 10.5 Å². The SMILES string of the molecule is Cc1noc(C)c1CN=C(N)NC(C)(C)C.I. The number of aromatic nitrogens is 1. The average Bonchev–Trinajstić information content (AvgIpc) is 2.41. The molecule has 17 heavy (non-hydrogen) atoms. The van der Waals surface area contributed by atoms with E-state index in [4.69, 9.17) is 10.3 Å². The van der Waals surface area contributed by atoms with Crippen molar-refractivity contribution in [2.45, 2.75) is 46.7 Å². The quantitative estimate of drug-likeness (QED) is 0.486. The third-order valence-electron chi connectivity index (χ3n) is 2.09. The number of nitrogens with one attached hydrogen (secondary N) is 1. The predicted molar refractivity (Wildman–Crippen MR) is 79.6 cm³/mol. The topological polar surface area (TPSA) is 76.4 Å². The van der Waals surface area contributed by atoms with E-state index in [0.717, 1.165) is 17.0 Å². The molecule has 98 valence electrons. The minimum absolute atomic E-state index is 0. The number of aryl methyl sites for hydroxylation is 2. The maximum absolute atomic E-state index is 5.76. The molecule has 0 aliphatic rings. The summed E-state index contributed by atoms with van der Waals surface area (Å²) in [6.45, 7) is 10.4. The predicted octanol–water partition coefficient (Wildman–Crippen LogP) is 2.11. The van der Waals surface area contributed by atoms with Gasteiger partial charge in [0.1, 0.15) is 5.76 Å². The van der Waals surface area contributed by atoms with Gasteiger partial charge in [0, 0.05) is 11.1 Å². The first kappa shape index (κ1) is 16.2. The van der Waals surface area contributed by atoms with E-state index in [9.17, 15) is 0 Å². The van der Waals surface area contributed by atoms with Gasteiger partial charge in [-0.15, -0.1) is 24.0 Å². The Bertz CT molecular complexity index is 373. The fourth-order valence-corrected chi connectivity index (χ4v) is 1.32. The lowest BCUT2D eigenvalue weighted by atomic mass is 10.1. The molecular formula is C11H21IN4O. The minimum atomic E-state index is -0.0771. The second kappa shape index (κ2) is 6.23. The Hall–Kier alpha value is -0.790. The number of rotatable bonds is 2. The van der Waals surface area contributed by atoms with Crippen LogP contribution in [0.4, 0.5) is 0 Å². The summed E-state index contributed by atoms with van der Waals surface area (Å²) < 4.78 is 5.05. The van der Waals surface area contributed by atoms with Crippen LogP contribution in [-0.2, 0) is 6.54 Å². The van der Waals surface area contributed by atoms with Crippen LogP contribution in [0.5, 0.6) is 0 Å². The van der Waals surface area contributed by atoms with Gasteiger partial charge < -0.3 is 15.6 Å². The van der Waals surface area contributed by atoms with Crippen LogP contribution in [-0.4, -0.2) is 16.7 Å². The summed E-state index contributed by atoms with van der Waals surface area (Å²) in [4.78, 5) is 4.26. The second-order valence-corrected chi connectivity index (χ2v) is 4.88. The molecule has 0 saturated carbocycles. The molecular weight excluding hydrogens is 331 g/mol. The molecule has 1 aromatic rings. The number of aliphatic imine (C=N–C) groups is 1. The van der Waals surface area contributed by atoms with Gasteiger partial charge in [-0.05, 0) is 34.6 Å². The van der Waals surface area contributed by atoms with E-state index in [0.29, 0.717) is 12.5 Å². The Labute approximate surface area is 119 Å². The van der Waals surface area contributed by atoms with Gasteiger partial charge in [0.2, 0.25) is 0 Å². The highest BCUT2D eigenvalue weighted by Gasteiger charge is 2.11. The molecule has 1 heterocycles. The van der Waals surface area contributed by atoms with Gasteiger partial charge in [-0.1, -0.05) is 5.16 Å². The largest absolute Gasteiger partial charge is 0.370 e. The van der Waals surface area contributed by atoms with Crippen LogP contribution in [0, 0.1) is 13.8 Å². The van der Waals surface area contributed by atoms with Crippen LogP contribution < -0.4 is 11.1 Å². The normalized spacial score (nSPS) is 12.2. The van der Waals surface area contributed by atoms with Crippen LogP contribution in [0.2, 0.25) is 0 Å². The fraction of sp³-hybridized carbons (Fsp3) is 0.636. The van der Waals surface area contributed by atoms with Crippen molar-refractivity contribution in [3.63, 3.8) is 0 Å². The molecule has 0 atom stereocenters. The van der Waals surface area contributed by atoms with Crippen LogP contribution in [0.3, 0.4) is 0 Å². The van der Waals surface area contributed by atoms with Gasteiger partial charge in [-0.3, -0.25) is 0 Å². The molecule has 5 nitrogen and oxygen atoms in total. The highest BCUT2D eigenvalue weighted by Crippen LogP contribution is 2.12. The Morgan fingerprint density at radius 3 is 2.41 bits per heavy atom. The number of nitrogens with zero attached hydrogens (tertiary/aromatic N) is 2. The standard InChI is InChI=1S/C11H20N4O.HI/c1-7-9(8(2)16-15-7)6-13-10(12)14-11(3,4)5;/h6H2,1-5H3,(H3,12,13,14);1H. The first-order valence-electron chi connectivity index (χ1n) is 5.29. The van der Waals surface area contributed by atoms with Crippen molar-refractivity contribution in [2.24, 2.45) is 10.7 Å². The van der Waals surface area contributed by atoms with Crippen molar-refractivity contribution in [3.05, 3.63) is 17.0 Å². The molecule has 0 aliphatic heterocycles. The fourth-order valence-electron chi connectivity index (χ4n) is 1.32. The van der Waals surface area contributed by atoms with Crippen molar-refractivity contribution < 1.29 is 4.52 Å². The first-order valence-corrected chi connectivity index (χ1v) is 5.29. The zero-order valence-electron chi connectivity index (χ0n) is 11.0.